The maximum atomic E-state index is 11.7. The molecule has 0 fully saturated rings. The molecule has 2 atom stereocenters. The highest BCUT2D eigenvalue weighted by molar-refractivity contribution is 5.87. The molecular formula is C33H44O6. The molecule has 0 radical (unpaired) electrons. The Labute approximate surface area is 234 Å². The van der Waals surface area contributed by atoms with Crippen molar-refractivity contribution in [1.29, 1.82) is 0 Å². The third-order valence-corrected chi connectivity index (χ3v) is 6.49. The number of ether oxygens (including phenoxy) is 4. The first-order valence-corrected chi connectivity index (χ1v) is 13.5. The van der Waals surface area contributed by atoms with Crippen LogP contribution in [0.15, 0.2) is 72.8 Å². The van der Waals surface area contributed by atoms with Gasteiger partial charge in [-0.1, -0.05) is 58.2 Å². The molecule has 0 bridgehead atoms. The van der Waals surface area contributed by atoms with Gasteiger partial charge < -0.3 is 18.9 Å². The second-order valence-corrected chi connectivity index (χ2v) is 10.9. The molecule has 212 valence electrons. The van der Waals surface area contributed by atoms with Gasteiger partial charge >= 0.3 is 11.9 Å². The predicted molar refractivity (Wildman–Crippen MR) is 155 cm³/mol. The van der Waals surface area contributed by atoms with E-state index < -0.39 is 11.9 Å². The molecule has 2 aromatic rings. The van der Waals surface area contributed by atoms with Gasteiger partial charge in [-0.15, -0.1) is 0 Å². The van der Waals surface area contributed by atoms with Crippen LogP contribution in [0.1, 0.15) is 72.4 Å². The zero-order valence-corrected chi connectivity index (χ0v) is 24.5. The van der Waals surface area contributed by atoms with Gasteiger partial charge in [0.25, 0.3) is 0 Å². The number of hydrogen-bond acceptors (Lipinski definition) is 6. The molecule has 0 N–H and O–H groups in total. The third-order valence-electron chi connectivity index (χ3n) is 6.49. The van der Waals surface area contributed by atoms with Gasteiger partial charge in [0, 0.05) is 16.6 Å². The monoisotopic (exact) mass is 536 g/mol. The van der Waals surface area contributed by atoms with Crippen LogP contribution in [0.4, 0.5) is 0 Å². The standard InChI is InChI=1S/C33H44O6/c1-22(2)18-19-33(9,27-10-14-29(15-11-27)36-20-25(7)38-31(34)23(3)4)28-12-16-30(17-13-28)37-21-26(8)39-32(35)24(5)6/h10-17,22,25-26H,3,5,18-21H2,1-2,4,6-9H3. The SMILES string of the molecule is C=C(C)C(=O)OC(C)COc1ccc(C(C)(CCC(C)C)c2ccc(OCC(C)OC(=O)C(=C)C)cc2)cc1. The van der Waals surface area contributed by atoms with Gasteiger partial charge in [0.05, 0.1) is 0 Å². The molecule has 0 heterocycles. The first-order valence-electron chi connectivity index (χ1n) is 13.5. The average Bonchev–Trinajstić information content (AvgIpc) is 2.89. The number of carbonyl (C=O) groups excluding carboxylic acids is 2. The van der Waals surface area contributed by atoms with Gasteiger partial charge in [0.1, 0.15) is 36.9 Å². The summed E-state index contributed by atoms with van der Waals surface area (Å²) in [4.78, 5) is 23.4. The van der Waals surface area contributed by atoms with Crippen molar-refractivity contribution in [1.82, 2.24) is 0 Å². The molecule has 2 rings (SSSR count). The number of rotatable bonds is 15. The quantitative estimate of drug-likeness (QED) is 0.177. The van der Waals surface area contributed by atoms with Crippen LogP contribution in [0.25, 0.3) is 0 Å². The lowest BCUT2D eigenvalue weighted by Crippen LogP contribution is -2.25. The van der Waals surface area contributed by atoms with Crippen molar-refractivity contribution in [2.75, 3.05) is 13.2 Å². The van der Waals surface area contributed by atoms with Crippen LogP contribution in [0.5, 0.6) is 11.5 Å². The zero-order valence-electron chi connectivity index (χ0n) is 24.5. The Morgan fingerprint density at radius 2 is 1.08 bits per heavy atom. The topological polar surface area (TPSA) is 71.1 Å². The number of hydrogen-bond donors (Lipinski definition) is 0. The van der Waals surface area contributed by atoms with Crippen molar-refractivity contribution in [2.24, 2.45) is 5.92 Å². The maximum Gasteiger partial charge on any atom is 0.333 e. The van der Waals surface area contributed by atoms with Crippen molar-refractivity contribution >= 4 is 11.9 Å². The normalized spacial score (nSPS) is 14.1. The van der Waals surface area contributed by atoms with Crippen molar-refractivity contribution in [3.8, 4) is 11.5 Å². The Hall–Kier alpha value is -3.54. The number of benzene rings is 2. The summed E-state index contributed by atoms with van der Waals surface area (Å²) in [5.41, 5.74) is 2.89. The van der Waals surface area contributed by atoms with Gasteiger partial charge in [0.2, 0.25) is 0 Å². The lowest BCUT2D eigenvalue weighted by molar-refractivity contribution is -0.145. The Kier molecular flexibility index (Phi) is 11.8. The summed E-state index contributed by atoms with van der Waals surface area (Å²) in [6.07, 6.45) is 1.29. The van der Waals surface area contributed by atoms with Gasteiger partial charge in [0.15, 0.2) is 0 Å². The van der Waals surface area contributed by atoms with Gasteiger partial charge in [-0.2, -0.15) is 0 Å². The molecular weight excluding hydrogens is 492 g/mol. The molecule has 0 amide bonds. The molecule has 39 heavy (non-hydrogen) atoms. The molecule has 0 saturated heterocycles. The van der Waals surface area contributed by atoms with E-state index in [2.05, 4.69) is 58.2 Å². The van der Waals surface area contributed by atoms with Crippen LogP contribution in [-0.4, -0.2) is 37.4 Å². The largest absolute Gasteiger partial charge is 0.490 e. The third kappa shape index (κ3) is 9.93. The number of carbonyl (C=O) groups is 2. The molecule has 2 unspecified atom stereocenters. The molecule has 2 aromatic carbocycles. The van der Waals surface area contributed by atoms with Crippen molar-refractivity contribution < 1.29 is 28.5 Å². The summed E-state index contributed by atoms with van der Waals surface area (Å²) >= 11 is 0. The summed E-state index contributed by atoms with van der Waals surface area (Å²) in [7, 11) is 0. The van der Waals surface area contributed by atoms with Crippen molar-refractivity contribution in [2.45, 2.75) is 78.9 Å². The first kappa shape index (κ1) is 31.7. The highest BCUT2D eigenvalue weighted by atomic mass is 16.6. The summed E-state index contributed by atoms with van der Waals surface area (Å²) in [5.74, 6) is 1.17. The minimum atomic E-state index is -0.417. The van der Waals surface area contributed by atoms with Crippen molar-refractivity contribution in [3.05, 3.63) is 84.0 Å². The zero-order chi connectivity index (χ0) is 29.2. The Balaban J connectivity index is 2.12. The molecule has 0 aromatic heterocycles. The molecule has 0 aliphatic carbocycles. The molecule has 0 spiro atoms. The van der Waals surface area contributed by atoms with Crippen LogP contribution in [0, 0.1) is 5.92 Å². The van der Waals surface area contributed by atoms with Crippen molar-refractivity contribution in [3.63, 3.8) is 0 Å². The number of esters is 2. The van der Waals surface area contributed by atoms with E-state index in [9.17, 15) is 9.59 Å². The summed E-state index contributed by atoms with van der Waals surface area (Å²) in [5, 5.41) is 0. The lowest BCUT2D eigenvalue weighted by Gasteiger charge is -2.32. The lowest BCUT2D eigenvalue weighted by atomic mass is 9.72. The molecule has 0 aliphatic rings. The summed E-state index contributed by atoms with van der Waals surface area (Å²) in [6, 6.07) is 16.2. The highest BCUT2D eigenvalue weighted by Gasteiger charge is 2.29. The molecule has 0 aliphatic heterocycles. The van der Waals surface area contributed by atoms with Crippen LogP contribution in [0.3, 0.4) is 0 Å². The highest BCUT2D eigenvalue weighted by Crippen LogP contribution is 2.38. The van der Waals surface area contributed by atoms with E-state index >= 15 is 0 Å². The predicted octanol–water partition coefficient (Wildman–Crippen LogP) is 7.20. The fraction of sp³-hybridized carbons (Fsp3) is 0.455. The first-order chi connectivity index (χ1) is 18.3. The fourth-order valence-corrected chi connectivity index (χ4v) is 3.93. The van der Waals surface area contributed by atoms with Crippen LogP contribution < -0.4 is 9.47 Å². The van der Waals surface area contributed by atoms with E-state index in [0.29, 0.717) is 28.6 Å². The van der Waals surface area contributed by atoms with E-state index in [1.807, 2.05) is 24.3 Å². The Morgan fingerprint density at radius 3 is 1.38 bits per heavy atom. The second kappa shape index (κ2) is 14.6. The second-order valence-electron chi connectivity index (χ2n) is 10.9. The smallest absolute Gasteiger partial charge is 0.333 e. The average molecular weight is 537 g/mol. The summed E-state index contributed by atoms with van der Waals surface area (Å²) < 4.78 is 22.3. The van der Waals surface area contributed by atoms with E-state index in [-0.39, 0.29) is 30.8 Å². The van der Waals surface area contributed by atoms with E-state index in [1.54, 1.807) is 27.7 Å². The Bertz CT molecular complexity index is 1030. The minimum absolute atomic E-state index is 0.212. The molecule has 6 nitrogen and oxygen atoms in total. The minimum Gasteiger partial charge on any atom is -0.490 e. The van der Waals surface area contributed by atoms with Gasteiger partial charge in [-0.25, -0.2) is 9.59 Å². The van der Waals surface area contributed by atoms with Crippen LogP contribution in [-0.2, 0) is 24.5 Å². The van der Waals surface area contributed by atoms with Gasteiger partial charge in [-0.05, 0) is 81.8 Å². The molecule has 0 saturated carbocycles. The summed E-state index contributed by atoms with van der Waals surface area (Å²) in [6.45, 7) is 21.3. The van der Waals surface area contributed by atoms with E-state index in [0.717, 1.165) is 12.8 Å². The van der Waals surface area contributed by atoms with Gasteiger partial charge in [-0.3, -0.25) is 0 Å². The van der Waals surface area contributed by atoms with Crippen LogP contribution in [0.2, 0.25) is 0 Å². The van der Waals surface area contributed by atoms with E-state index in [4.69, 9.17) is 18.9 Å². The maximum absolute atomic E-state index is 11.7. The van der Waals surface area contributed by atoms with E-state index in [1.165, 1.54) is 11.1 Å². The van der Waals surface area contributed by atoms with Crippen LogP contribution >= 0.6 is 0 Å². The fourth-order valence-electron chi connectivity index (χ4n) is 3.93. The Morgan fingerprint density at radius 1 is 0.718 bits per heavy atom. The molecule has 6 heteroatoms.